The average molecular weight is 336 g/mol. The number of nitrogens with zero attached hydrogens (tertiary/aromatic N) is 4. The molecule has 1 fully saturated rings. The predicted octanol–water partition coefficient (Wildman–Crippen LogP) is 3.22. The summed E-state index contributed by atoms with van der Waals surface area (Å²) in [5.74, 6) is -0.788. The number of anilines is 2. The summed E-state index contributed by atoms with van der Waals surface area (Å²) in [6.45, 7) is 4.77. The first kappa shape index (κ1) is 15.7. The minimum atomic E-state index is -0.788. The number of rotatable bonds is 3. The van der Waals surface area contributed by atoms with Crippen LogP contribution < -0.4 is 9.80 Å². The van der Waals surface area contributed by atoms with Gasteiger partial charge in [0, 0.05) is 31.6 Å². The normalized spacial score (nSPS) is 15.6. The fourth-order valence-electron chi connectivity index (χ4n) is 2.78. The van der Waals surface area contributed by atoms with Crippen LogP contribution in [0.15, 0.2) is 23.6 Å². The van der Waals surface area contributed by atoms with Crippen LogP contribution in [0.25, 0.3) is 0 Å². The second-order valence-corrected chi connectivity index (χ2v) is 6.30. The van der Waals surface area contributed by atoms with Crippen LogP contribution in [-0.4, -0.2) is 36.1 Å². The summed E-state index contributed by atoms with van der Waals surface area (Å²) < 4.78 is 13.8. The van der Waals surface area contributed by atoms with Crippen LogP contribution >= 0.6 is 11.3 Å². The van der Waals surface area contributed by atoms with Crippen LogP contribution in [0.1, 0.15) is 12.1 Å². The molecule has 0 aliphatic carbocycles. The predicted molar refractivity (Wildman–Crippen MR) is 88.9 cm³/mol. The molecule has 0 bridgehead atoms. The Bertz CT molecular complexity index is 721. The first-order valence-electron chi connectivity index (χ1n) is 7.41. The van der Waals surface area contributed by atoms with Gasteiger partial charge in [0.2, 0.25) is 5.82 Å². The molecule has 0 spiro atoms. The molecule has 0 radical (unpaired) electrons. The zero-order valence-corrected chi connectivity index (χ0v) is 13.6. The zero-order valence-electron chi connectivity index (χ0n) is 12.7. The van der Waals surface area contributed by atoms with Crippen molar-refractivity contribution in [2.24, 2.45) is 0 Å². The Morgan fingerprint density at radius 3 is 2.70 bits per heavy atom. The van der Waals surface area contributed by atoms with Crippen molar-refractivity contribution >= 4 is 27.8 Å². The molecule has 1 aliphatic heterocycles. The van der Waals surface area contributed by atoms with Gasteiger partial charge < -0.3 is 9.80 Å². The van der Waals surface area contributed by atoms with Crippen molar-refractivity contribution in [3.63, 3.8) is 0 Å². The molecular weight excluding hydrogens is 319 g/mol. The van der Waals surface area contributed by atoms with Crippen LogP contribution in [0.3, 0.4) is 0 Å². The smallest absolute Gasteiger partial charge is 0.327 e. The molecule has 1 aromatic carbocycles. The Morgan fingerprint density at radius 2 is 2.00 bits per heavy atom. The Balaban J connectivity index is 1.81. The van der Waals surface area contributed by atoms with Gasteiger partial charge in [-0.05, 0) is 25.5 Å². The number of nitro groups is 1. The number of halogens is 1. The summed E-state index contributed by atoms with van der Waals surface area (Å²) in [5.41, 5.74) is 0.907. The van der Waals surface area contributed by atoms with Crippen molar-refractivity contribution < 1.29 is 9.31 Å². The molecule has 1 saturated heterocycles. The average Bonchev–Trinajstić information content (AvgIpc) is 2.80. The monoisotopic (exact) mass is 336 g/mol. The van der Waals surface area contributed by atoms with E-state index in [1.165, 1.54) is 6.07 Å². The number of para-hydroxylation sites is 1. The molecule has 3 rings (SSSR count). The van der Waals surface area contributed by atoms with E-state index < -0.39 is 16.4 Å². The van der Waals surface area contributed by atoms with E-state index >= 15 is 0 Å². The van der Waals surface area contributed by atoms with Crippen molar-refractivity contribution in [2.75, 3.05) is 36.0 Å². The van der Waals surface area contributed by atoms with Gasteiger partial charge in [0.15, 0.2) is 5.13 Å². The van der Waals surface area contributed by atoms with Crippen molar-refractivity contribution in [1.82, 2.24) is 4.98 Å². The number of aryl methyl sites for hydroxylation is 1. The van der Waals surface area contributed by atoms with Crippen LogP contribution in [0.2, 0.25) is 0 Å². The van der Waals surface area contributed by atoms with Gasteiger partial charge in [0.05, 0.1) is 10.6 Å². The number of thiazole rings is 1. The van der Waals surface area contributed by atoms with Gasteiger partial charge in [0.1, 0.15) is 5.69 Å². The van der Waals surface area contributed by atoms with E-state index in [0.29, 0.717) is 25.3 Å². The Labute approximate surface area is 137 Å². The van der Waals surface area contributed by atoms with Crippen molar-refractivity contribution in [3.8, 4) is 0 Å². The zero-order chi connectivity index (χ0) is 16.4. The number of hydrogen-bond acceptors (Lipinski definition) is 6. The third-order valence-corrected chi connectivity index (χ3v) is 4.88. The standard InChI is InChI=1S/C15H17FN4O2S/c1-11-10-23-15(17-11)19-7-3-6-18(8-9-19)13-5-2-4-12(16)14(13)20(21)22/h2,4-5,10H,3,6-9H2,1H3. The van der Waals surface area contributed by atoms with Gasteiger partial charge in [-0.3, -0.25) is 10.1 Å². The first-order valence-corrected chi connectivity index (χ1v) is 8.29. The van der Waals surface area contributed by atoms with E-state index in [4.69, 9.17) is 0 Å². The van der Waals surface area contributed by atoms with E-state index in [2.05, 4.69) is 9.88 Å². The lowest BCUT2D eigenvalue weighted by molar-refractivity contribution is -0.386. The maximum atomic E-state index is 13.8. The fourth-order valence-corrected chi connectivity index (χ4v) is 3.63. The highest BCUT2D eigenvalue weighted by Gasteiger charge is 2.26. The first-order chi connectivity index (χ1) is 11.1. The molecule has 6 nitrogen and oxygen atoms in total. The molecule has 0 amide bonds. The highest BCUT2D eigenvalue weighted by atomic mass is 32.1. The fraction of sp³-hybridized carbons (Fsp3) is 0.400. The Morgan fingerprint density at radius 1 is 1.26 bits per heavy atom. The lowest BCUT2D eigenvalue weighted by atomic mass is 10.2. The van der Waals surface area contributed by atoms with E-state index in [-0.39, 0.29) is 0 Å². The summed E-state index contributed by atoms with van der Waals surface area (Å²) in [6, 6.07) is 4.26. The summed E-state index contributed by atoms with van der Waals surface area (Å²) >= 11 is 1.60. The molecule has 8 heteroatoms. The Hall–Kier alpha value is -2.22. The number of hydrogen-bond donors (Lipinski definition) is 0. The van der Waals surface area contributed by atoms with E-state index in [9.17, 15) is 14.5 Å². The maximum absolute atomic E-state index is 13.8. The third kappa shape index (κ3) is 3.26. The van der Waals surface area contributed by atoms with Crippen molar-refractivity contribution in [3.05, 3.63) is 45.2 Å². The van der Waals surface area contributed by atoms with Gasteiger partial charge in [0.25, 0.3) is 0 Å². The molecule has 0 N–H and O–H groups in total. The molecule has 0 saturated carbocycles. The topological polar surface area (TPSA) is 62.5 Å². The number of benzene rings is 1. The number of aromatic nitrogens is 1. The van der Waals surface area contributed by atoms with E-state index in [1.807, 2.05) is 17.2 Å². The molecule has 23 heavy (non-hydrogen) atoms. The molecular formula is C15H17FN4O2S. The quantitative estimate of drug-likeness (QED) is 0.636. The van der Waals surface area contributed by atoms with Gasteiger partial charge in [-0.25, -0.2) is 4.98 Å². The minimum Gasteiger partial charge on any atom is -0.364 e. The third-order valence-electron chi connectivity index (χ3n) is 3.86. The molecule has 0 atom stereocenters. The second-order valence-electron chi connectivity index (χ2n) is 5.46. The maximum Gasteiger partial charge on any atom is 0.327 e. The SMILES string of the molecule is Cc1csc(N2CCCN(c3cccc(F)c3[N+](=O)[O-])CC2)n1. The summed E-state index contributed by atoms with van der Waals surface area (Å²) in [5, 5.41) is 14.2. The molecule has 1 aromatic heterocycles. The second kappa shape index (κ2) is 6.49. The van der Waals surface area contributed by atoms with E-state index in [0.717, 1.165) is 29.9 Å². The summed E-state index contributed by atoms with van der Waals surface area (Å²) in [6.07, 6.45) is 0.840. The Kier molecular flexibility index (Phi) is 4.42. The van der Waals surface area contributed by atoms with Gasteiger partial charge in [-0.1, -0.05) is 6.07 Å². The van der Waals surface area contributed by atoms with Crippen molar-refractivity contribution in [1.29, 1.82) is 0 Å². The highest BCUT2D eigenvalue weighted by molar-refractivity contribution is 7.13. The van der Waals surface area contributed by atoms with Crippen LogP contribution in [0, 0.1) is 22.9 Å². The number of nitro benzene ring substituents is 1. The van der Waals surface area contributed by atoms with Gasteiger partial charge in [-0.15, -0.1) is 11.3 Å². The lowest BCUT2D eigenvalue weighted by Gasteiger charge is -2.23. The molecule has 1 aliphatic rings. The molecule has 122 valence electrons. The van der Waals surface area contributed by atoms with Crippen LogP contribution in [-0.2, 0) is 0 Å². The van der Waals surface area contributed by atoms with Crippen LogP contribution in [0.5, 0.6) is 0 Å². The lowest BCUT2D eigenvalue weighted by Crippen LogP contribution is -2.31. The molecule has 2 heterocycles. The van der Waals surface area contributed by atoms with E-state index in [1.54, 1.807) is 17.4 Å². The molecule has 2 aromatic rings. The summed E-state index contributed by atoms with van der Waals surface area (Å²) in [4.78, 5) is 19.1. The molecule has 0 unspecified atom stereocenters. The largest absolute Gasteiger partial charge is 0.364 e. The minimum absolute atomic E-state index is 0.354. The highest BCUT2D eigenvalue weighted by Crippen LogP contribution is 2.32. The summed E-state index contributed by atoms with van der Waals surface area (Å²) in [7, 11) is 0. The van der Waals surface area contributed by atoms with Crippen molar-refractivity contribution in [2.45, 2.75) is 13.3 Å². The van der Waals surface area contributed by atoms with Crippen LogP contribution in [0.4, 0.5) is 20.9 Å². The van der Waals surface area contributed by atoms with Gasteiger partial charge in [-0.2, -0.15) is 4.39 Å². The van der Waals surface area contributed by atoms with Gasteiger partial charge >= 0.3 is 5.69 Å².